The second kappa shape index (κ2) is 2.13. The molecule has 0 aromatic rings. The average molecular weight is 115 g/mol. The zero-order valence-corrected chi connectivity index (χ0v) is 4.55. The van der Waals surface area contributed by atoms with Gasteiger partial charge in [0.2, 0.25) is 5.91 Å². The lowest BCUT2D eigenvalue weighted by atomic mass is 10.3. The van der Waals surface area contributed by atoms with E-state index in [1.807, 2.05) is 0 Å². The number of hydroxylamine groups is 1. The van der Waals surface area contributed by atoms with Gasteiger partial charge in [-0.3, -0.25) is 10.0 Å². The molecule has 0 heterocycles. The maximum atomic E-state index is 10.3. The van der Waals surface area contributed by atoms with Crippen molar-refractivity contribution >= 4 is 5.91 Å². The minimum absolute atomic E-state index is 0.257. The summed E-state index contributed by atoms with van der Waals surface area (Å²) in [5.74, 6) is 0.301. The van der Waals surface area contributed by atoms with Crippen LogP contribution in [0.5, 0.6) is 0 Å². The zero-order chi connectivity index (χ0) is 5.98. The Kier molecular flexibility index (Phi) is 1.48. The van der Waals surface area contributed by atoms with Crippen LogP contribution in [0.2, 0.25) is 0 Å². The van der Waals surface area contributed by atoms with Gasteiger partial charge in [0.15, 0.2) is 0 Å². The number of hydrogen-bond acceptors (Lipinski definition) is 2. The largest absolute Gasteiger partial charge is 0.289 e. The predicted octanol–water partition coefficient (Wildman–Crippen LogP) is 0.292. The van der Waals surface area contributed by atoms with E-state index in [0.717, 1.165) is 12.8 Å². The second-order valence-corrected chi connectivity index (χ2v) is 2.18. The Morgan fingerprint density at radius 3 is 2.75 bits per heavy atom. The lowest BCUT2D eigenvalue weighted by Gasteiger charge is -1.91. The van der Waals surface area contributed by atoms with E-state index < -0.39 is 0 Å². The summed E-state index contributed by atoms with van der Waals surface area (Å²) in [7, 11) is 0. The first-order valence-corrected chi connectivity index (χ1v) is 2.76. The van der Waals surface area contributed by atoms with Gasteiger partial charge in [-0.2, -0.15) is 0 Å². The molecule has 46 valence electrons. The summed E-state index contributed by atoms with van der Waals surface area (Å²) in [4.78, 5) is 10.3. The molecule has 0 spiro atoms. The fourth-order valence-electron chi connectivity index (χ4n) is 0.630. The SMILES string of the molecule is O=C(CC1CC1)NO. The van der Waals surface area contributed by atoms with Gasteiger partial charge in [0.05, 0.1) is 0 Å². The Balaban J connectivity index is 2.07. The fourth-order valence-corrected chi connectivity index (χ4v) is 0.630. The van der Waals surface area contributed by atoms with Crippen LogP contribution in [-0.4, -0.2) is 11.1 Å². The number of hydrogen-bond donors (Lipinski definition) is 2. The van der Waals surface area contributed by atoms with Crippen molar-refractivity contribution in [2.24, 2.45) is 5.92 Å². The number of nitrogens with one attached hydrogen (secondary N) is 1. The Hall–Kier alpha value is -0.570. The van der Waals surface area contributed by atoms with Crippen molar-refractivity contribution in [2.45, 2.75) is 19.3 Å². The topological polar surface area (TPSA) is 49.3 Å². The fraction of sp³-hybridized carbons (Fsp3) is 0.800. The highest BCUT2D eigenvalue weighted by Crippen LogP contribution is 2.31. The molecule has 1 amide bonds. The van der Waals surface area contributed by atoms with Crippen molar-refractivity contribution in [3.8, 4) is 0 Å². The van der Waals surface area contributed by atoms with Crippen LogP contribution >= 0.6 is 0 Å². The minimum atomic E-state index is -0.257. The van der Waals surface area contributed by atoms with Crippen molar-refractivity contribution in [2.75, 3.05) is 0 Å². The van der Waals surface area contributed by atoms with Gasteiger partial charge >= 0.3 is 0 Å². The molecule has 0 saturated heterocycles. The molecule has 1 rings (SSSR count). The summed E-state index contributed by atoms with van der Waals surface area (Å²) in [5.41, 5.74) is 1.60. The molecule has 0 unspecified atom stereocenters. The number of carbonyl (C=O) groups is 1. The highest BCUT2D eigenvalue weighted by molar-refractivity contribution is 5.75. The van der Waals surface area contributed by atoms with Gasteiger partial charge in [-0.15, -0.1) is 0 Å². The maximum Gasteiger partial charge on any atom is 0.243 e. The smallest absolute Gasteiger partial charge is 0.243 e. The van der Waals surface area contributed by atoms with Gasteiger partial charge in [-0.25, -0.2) is 5.48 Å². The van der Waals surface area contributed by atoms with Gasteiger partial charge in [0, 0.05) is 6.42 Å². The van der Waals surface area contributed by atoms with E-state index in [1.165, 1.54) is 0 Å². The standard InChI is InChI=1S/C5H9NO2/c7-5(6-8)3-4-1-2-4/h4,8H,1-3H2,(H,6,7). The van der Waals surface area contributed by atoms with Crippen LogP contribution in [0, 0.1) is 5.92 Å². The van der Waals surface area contributed by atoms with E-state index in [4.69, 9.17) is 5.21 Å². The van der Waals surface area contributed by atoms with Crippen molar-refractivity contribution in [1.29, 1.82) is 0 Å². The third-order valence-corrected chi connectivity index (χ3v) is 1.30. The van der Waals surface area contributed by atoms with E-state index in [-0.39, 0.29) is 5.91 Å². The Labute approximate surface area is 47.7 Å². The molecule has 0 radical (unpaired) electrons. The molecule has 0 aromatic carbocycles. The molecule has 1 saturated carbocycles. The molecule has 0 bridgehead atoms. The molecule has 1 aliphatic carbocycles. The maximum absolute atomic E-state index is 10.3. The number of amides is 1. The third kappa shape index (κ3) is 1.50. The molecule has 2 N–H and O–H groups in total. The van der Waals surface area contributed by atoms with Gasteiger partial charge in [-0.1, -0.05) is 0 Å². The lowest BCUT2D eigenvalue weighted by molar-refractivity contribution is -0.129. The normalized spacial score (nSPS) is 18.1. The molecule has 3 nitrogen and oxygen atoms in total. The van der Waals surface area contributed by atoms with E-state index >= 15 is 0 Å². The summed E-state index contributed by atoms with van der Waals surface area (Å²) < 4.78 is 0. The molecule has 0 atom stereocenters. The molecule has 0 aliphatic heterocycles. The highest BCUT2D eigenvalue weighted by atomic mass is 16.5. The van der Waals surface area contributed by atoms with Gasteiger partial charge < -0.3 is 0 Å². The summed E-state index contributed by atoms with van der Waals surface area (Å²) in [6.07, 6.45) is 2.79. The van der Waals surface area contributed by atoms with Crippen molar-refractivity contribution < 1.29 is 10.0 Å². The molecule has 8 heavy (non-hydrogen) atoms. The molecular weight excluding hydrogens is 106 g/mol. The van der Waals surface area contributed by atoms with Crippen molar-refractivity contribution in [3.05, 3.63) is 0 Å². The second-order valence-electron chi connectivity index (χ2n) is 2.18. The zero-order valence-electron chi connectivity index (χ0n) is 4.55. The number of rotatable bonds is 2. The first-order chi connectivity index (χ1) is 3.83. The first-order valence-electron chi connectivity index (χ1n) is 2.76. The Morgan fingerprint density at radius 1 is 1.75 bits per heavy atom. The average Bonchev–Trinajstić information content (AvgIpc) is 2.50. The quantitative estimate of drug-likeness (QED) is 0.401. The van der Waals surface area contributed by atoms with Crippen LogP contribution in [0.15, 0.2) is 0 Å². The van der Waals surface area contributed by atoms with E-state index in [2.05, 4.69) is 0 Å². The first kappa shape index (κ1) is 5.56. The highest BCUT2D eigenvalue weighted by Gasteiger charge is 2.23. The van der Waals surface area contributed by atoms with Gasteiger partial charge in [0.25, 0.3) is 0 Å². The summed E-state index contributed by atoms with van der Waals surface area (Å²) in [5, 5.41) is 8.01. The number of carbonyl (C=O) groups excluding carboxylic acids is 1. The molecule has 3 heteroatoms. The lowest BCUT2D eigenvalue weighted by Crippen LogP contribution is -2.18. The third-order valence-electron chi connectivity index (χ3n) is 1.30. The summed E-state index contributed by atoms with van der Waals surface area (Å²) >= 11 is 0. The molecule has 0 aromatic heterocycles. The van der Waals surface area contributed by atoms with Crippen LogP contribution in [0.4, 0.5) is 0 Å². The Morgan fingerprint density at radius 2 is 2.38 bits per heavy atom. The van der Waals surface area contributed by atoms with Gasteiger partial charge in [-0.05, 0) is 18.8 Å². The van der Waals surface area contributed by atoms with Crippen LogP contribution in [0.25, 0.3) is 0 Å². The van der Waals surface area contributed by atoms with Gasteiger partial charge in [0.1, 0.15) is 0 Å². The molecular formula is C5H9NO2. The monoisotopic (exact) mass is 115 g/mol. The predicted molar refractivity (Wildman–Crippen MR) is 27.3 cm³/mol. The van der Waals surface area contributed by atoms with Crippen molar-refractivity contribution in [3.63, 3.8) is 0 Å². The van der Waals surface area contributed by atoms with Crippen molar-refractivity contribution in [1.82, 2.24) is 5.48 Å². The van der Waals surface area contributed by atoms with Crippen LogP contribution in [0.1, 0.15) is 19.3 Å². The molecule has 1 fully saturated rings. The van der Waals surface area contributed by atoms with E-state index in [9.17, 15) is 4.79 Å². The van der Waals surface area contributed by atoms with E-state index in [0.29, 0.717) is 12.3 Å². The summed E-state index contributed by atoms with van der Waals surface area (Å²) in [6, 6.07) is 0. The Bertz CT molecular complexity index is 98.6. The minimum Gasteiger partial charge on any atom is -0.289 e. The van der Waals surface area contributed by atoms with E-state index in [1.54, 1.807) is 5.48 Å². The molecule has 1 aliphatic rings. The van der Waals surface area contributed by atoms with Crippen LogP contribution in [0.3, 0.4) is 0 Å². The summed E-state index contributed by atoms with van der Waals surface area (Å²) in [6.45, 7) is 0. The van der Waals surface area contributed by atoms with Crippen LogP contribution in [-0.2, 0) is 4.79 Å². The van der Waals surface area contributed by atoms with Crippen LogP contribution < -0.4 is 5.48 Å².